The van der Waals surface area contributed by atoms with Crippen molar-refractivity contribution >= 4 is 32.3 Å². The van der Waals surface area contributed by atoms with E-state index < -0.39 is 0 Å². The molecule has 0 N–H and O–H groups in total. The Bertz CT molecular complexity index is 3580. The van der Waals surface area contributed by atoms with Crippen molar-refractivity contribution < 1.29 is 0 Å². The van der Waals surface area contributed by atoms with Gasteiger partial charge in [0.2, 0.25) is 0 Å². The minimum absolute atomic E-state index is 0.0120. The number of rotatable bonds is 6. The van der Waals surface area contributed by atoms with Gasteiger partial charge in [-0.1, -0.05) is 202 Å². The van der Waals surface area contributed by atoms with E-state index in [0.29, 0.717) is 5.82 Å². The molecule has 0 atom stereocenters. The highest BCUT2D eigenvalue weighted by Gasteiger charge is 2.35. The molecule has 2 heteroatoms. The van der Waals surface area contributed by atoms with E-state index in [-0.39, 0.29) is 5.41 Å². The molecule has 1 aliphatic rings. The van der Waals surface area contributed by atoms with E-state index in [1.807, 2.05) is 18.2 Å². The number of aromatic nitrogens is 2. The Morgan fingerprint density at radius 3 is 1.68 bits per heavy atom. The molecule has 11 aromatic rings. The van der Waals surface area contributed by atoms with Crippen LogP contribution in [0.15, 0.2) is 218 Å². The highest BCUT2D eigenvalue weighted by Crippen LogP contribution is 2.49. The highest BCUT2D eigenvalue weighted by atomic mass is 14.9. The van der Waals surface area contributed by atoms with Crippen LogP contribution in [-0.2, 0) is 5.41 Å². The average Bonchev–Trinajstić information content (AvgIpc) is 3.58. The zero-order chi connectivity index (χ0) is 42.1. The molecule has 0 amide bonds. The van der Waals surface area contributed by atoms with E-state index in [2.05, 4.69) is 214 Å². The maximum absolute atomic E-state index is 5.21. The third-order valence-electron chi connectivity index (χ3n) is 13.3. The molecule has 0 fully saturated rings. The second-order valence-corrected chi connectivity index (χ2v) is 17.4. The molecule has 63 heavy (non-hydrogen) atoms. The summed E-state index contributed by atoms with van der Waals surface area (Å²) >= 11 is 0. The van der Waals surface area contributed by atoms with Gasteiger partial charge < -0.3 is 0 Å². The maximum atomic E-state index is 5.21. The normalized spacial score (nSPS) is 12.7. The molecule has 1 aromatic heterocycles. The second kappa shape index (κ2) is 14.6. The third-order valence-corrected chi connectivity index (χ3v) is 13.3. The SMILES string of the molecule is CC1(C)c2ccccc2-c2cc(-c3ccc(-c4cc(-c5cccc(-c6cccc(-c7c8ccccc8cc8c7ccc7ccccc78)c6)c5)nc(-c5ccccc5)n4)cc3)ccc21. The third kappa shape index (κ3) is 6.25. The van der Waals surface area contributed by atoms with Crippen LogP contribution in [0.1, 0.15) is 25.0 Å². The Labute approximate surface area is 367 Å². The van der Waals surface area contributed by atoms with Crippen molar-refractivity contribution in [1.82, 2.24) is 9.97 Å². The van der Waals surface area contributed by atoms with Crippen LogP contribution in [0.4, 0.5) is 0 Å². The lowest BCUT2D eigenvalue weighted by atomic mass is 9.82. The molecular weight excluding hydrogens is 761 g/mol. The molecule has 296 valence electrons. The van der Waals surface area contributed by atoms with Crippen molar-refractivity contribution in [3.8, 4) is 78.4 Å². The lowest BCUT2D eigenvalue weighted by Gasteiger charge is -2.21. The molecule has 1 heterocycles. The number of fused-ring (bicyclic) bond motifs is 7. The molecular formula is C61H42N2. The summed E-state index contributed by atoms with van der Waals surface area (Å²) in [5, 5.41) is 7.55. The van der Waals surface area contributed by atoms with Crippen LogP contribution in [0.25, 0.3) is 111 Å². The van der Waals surface area contributed by atoms with Crippen molar-refractivity contribution in [2.24, 2.45) is 0 Å². The molecule has 0 aliphatic heterocycles. The molecule has 12 rings (SSSR count). The van der Waals surface area contributed by atoms with Gasteiger partial charge in [-0.3, -0.25) is 0 Å². The van der Waals surface area contributed by atoms with Crippen molar-refractivity contribution in [3.05, 3.63) is 230 Å². The Morgan fingerprint density at radius 2 is 0.873 bits per heavy atom. The van der Waals surface area contributed by atoms with E-state index in [1.165, 1.54) is 76.8 Å². The van der Waals surface area contributed by atoms with E-state index in [4.69, 9.17) is 9.97 Å². The van der Waals surface area contributed by atoms with Crippen LogP contribution in [0.3, 0.4) is 0 Å². The van der Waals surface area contributed by atoms with E-state index >= 15 is 0 Å². The maximum Gasteiger partial charge on any atom is 0.160 e. The Kier molecular flexibility index (Phi) is 8.55. The second-order valence-electron chi connectivity index (χ2n) is 17.4. The number of benzene rings is 10. The molecule has 0 saturated carbocycles. The van der Waals surface area contributed by atoms with Crippen LogP contribution in [-0.4, -0.2) is 9.97 Å². The van der Waals surface area contributed by atoms with Gasteiger partial charge in [-0.15, -0.1) is 0 Å². The summed E-state index contributed by atoms with van der Waals surface area (Å²) in [7, 11) is 0. The average molecular weight is 803 g/mol. The lowest BCUT2D eigenvalue weighted by molar-refractivity contribution is 0.660. The van der Waals surface area contributed by atoms with Gasteiger partial charge in [0.05, 0.1) is 11.4 Å². The first-order valence-electron chi connectivity index (χ1n) is 21.8. The topological polar surface area (TPSA) is 25.8 Å². The molecule has 0 saturated heterocycles. The zero-order valence-electron chi connectivity index (χ0n) is 35.2. The van der Waals surface area contributed by atoms with E-state index in [1.54, 1.807) is 0 Å². The molecule has 0 spiro atoms. The van der Waals surface area contributed by atoms with Crippen molar-refractivity contribution in [1.29, 1.82) is 0 Å². The summed E-state index contributed by atoms with van der Waals surface area (Å²) in [5.41, 5.74) is 17.4. The standard InChI is InChI=1S/C61H42N2/c1-61(2)55-25-11-10-24-51(55)54-36-45(31-33-56(54)61)39-26-28-41(29-27-39)57-38-58(63-60(62-57)42-15-4-3-5-16-42)47-20-12-18-43(34-47)44-19-13-21-48(35-44)59-50-23-9-7-17-46(50)37-53-49-22-8-6-14-40(49)30-32-52(53)59/h3-38H,1-2H3. The predicted octanol–water partition coefficient (Wildman–Crippen LogP) is 16.2. The Balaban J connectivity index is 0.929. The summed E-state index contributed by atoms with van der Waals surface area (Å²) in [4.78, 5) is 10.4. The molecule has 1 aliphatic carbocycles. The van der Waals surface area contributed by atoms with Crippen molar-refractivity contribution in [2.45, 2.75) is 19.3 Å². The fourth-order valence-electron chi connectivity index (χ4n) is 10.0. The minimum Gasteiger partial charge on any atom is -0.228 e. The van der Waals surface area contributed by atoms with Crippen molar-refractivity contribution in [2.75, 3.05) is 0 Å². The van der Waals surface area contributed by atoms with E-state index in [0.717, 1.165) is 39.2 Å². The lowest BCUT2D eigenvalue weighted by Crippen LogP contribution is -2.14. The van der Waals surface area contributed by atoms with Crippen LogP contribution in [0.2, 0.25) is 0 Å². The largest absolute Gasteiger partial charge is 0.228 e. The van der Waals surface area contributed by atoms with Crippen LogP contribution >= 0.6 is 0 Å². The zero-order valence-corrected chi connectivity index (χ0v) is 35.2. The number of nitrogens with zero attached hydrogens (tertiary/aromatic N) is 2. The van der Waals surface area contributed by atoms with Gasteiger partial charge in [-0.25, -0.2) is 9.97 Å². The van der Waals surface area contributed by atoms with Gasteiger partial charge >= 0.3 is 0 Å². The van der Waals surface area contributed by atoms with Gasteiger partial charge in [0, 0.05) is 22.1 Å². The van der Waals surface area contributed by atoms with Gasteiger partial charge in [0.15, 0.2) is 5.82 Å². The molecule has 0 radical (unpaired) electrons. The van der Waals surface area contributed by atoms with Crippen molar-refractivity contribution in [3.63, 3.8) is 0 Å². The summed E-state index contributed by atoms with van der Waals surface area (Å²) in [6, 6.07) is 79.2. The van der Waals surface area contributed by atoms with Gasteiger partial charge in [0.1, 0.15) is 0 Å². The molecule has 10 aromatic carbocycles. The number of hydrogen-bond donors (Lipinski definition) is 0. The Hall–Kier alpha value is -7.94. The Morgan fingerprint density at radius 1 is 0.302 bits per heavy atom. The monoisotopic (exact) mass is 802 g/mol. The molecule has 0 unspecified atom stereocenters. The smallest absolute Gasteiger partial charge is 0.160 e. The fourth-order valence-corrected chi connectivity index (χ4v) is 10.0. The van der Waals surface area contributed by atoms with E-state index in [9.17, 15) is 0 Å². The first-order chi connectivity index (χ1) is 31.0. The first kappa shape index (κ1) is 36.9. The molecule has 2 nitrogen and oxygen atoms in total. The summed E-state index contributed by atoms with van der Waals surface area (Å²) < 4.78 is 0. The molecule has 0 bridgehead atoms. The minimum atomic E-state index is -0.0120. The van der Waals surface area contributed by atoms with Crippen LogP contribution in [0.5, 0.6) is 0 Å². The quantitative estimate of drug-likeness (QED) is 0.124. The van der Waals surface area contributed by atoms with Gasteiger partial charge in [-0.05, 0) is 118 Å². The van der Waals surface area contributed by atoms with Crippen LogP contribution < -0.4 is 0 Å². The summed E-state index contributed by atoms with van der Waals surface area (Å²) in [5.74, 6) is 0.704. The fraction of sp³-hybridized carbons (Fsp3) is 0.0492. The summed E-state index contributed by atoms with van der Waals surface area (Å²) in [6.07, 6.45) is 0. The highest BCUT2D eigenvalue weighted by molar-refractivity contribution is 6.20. The number of hydrogen-bond acceptors (Lipinski definition) is 2. The summed E-state index contributed by atoms with van der Waals surface area (Å²) in [6.45, 7) is 4.66. The predicted molar refractivity (Wildman–Crippen MR) is 265 cm³/mol. The van der Waals surface area contributed by atoms with Gasteiger partial charge in [0.25, 0.3) is 0 Å². The first-order valence-corrected chi connectivity index (χ1v) is 21.8. The van der Waals surface area contributed by atoms with Gasteiger partial charge in [-0.2, -0.15) is 0 Å². The van der Waals surface area contributed by atoms with Crippen LogP contribution in [0, 0.1) is 0 Å².